The van der Waals surface area contributed by atoms with Crippen LogP contribution in [0.3, 0.4) is 0 Å². The Bertz CT molecular complexity index is 842. The van der Waals surface area contributed by atoms with Gasteiger partial charge in [0.1, 0.15) is 6.54 Å². The lowest BCUT2D eigenvalue weighted by Crippen LogP contribution is -2.47. The van der Waals surface area contributed by atoms with E-state index in [1.807, 2.05) is 52.0 Å². The molecule has 2 aromatic rings. The Morgan fingerprint density at radius 1 is 1.12 bits per heavy atom. The van der Waals surface area contributed by atoms with E-state index in [2.05, 4.69) is 5.32 Å². The van der Waals surface area contributed by atoms with Crippen LogP contribution >= 0.6 is 0 Å². The highest BCUT2D eigenvalue weighted by Gasteiger charge is 2.20. The first-order valence-corrected chi connectivity index (χ1v) is 8.37. The summed E-state index contributed by atoms with van der Waals surface area (Å²) in [4.78, 5) is 38.4. The number of carbonyl (C=O) groups excluding carboxylic acids is 2. The average molecular weight is 346 g/mol. The van der Waals surface area contributed by atoms with E-state index in [1.165, 1.54) is 9.47 Å². The maximum absolute atomic E-state index is 12.6. The van der Waals surface area contributed by atoms with E-state index < -0.39 is 0 Å². The molecular weight excluding hydrogens is 320 g/mol. The highest BCUT2D eigenvalue weighted by atomic mass is 16.2. The van der Waals surface area contributed by atoms with Crippen molar-refractivity contribution in [2.75, 3.05) is 13.6 Å². The van der Waals surface area contributed by atoms with Crippen LogP contribution in [-0.2, 0) is 22.7 Å². The highest BCUT2D eigenvalue weighted by Crippen LogP contribution is 2.12. The summed E-state index contributed by atoms with van der Waals surface area (Å²) in [5.74, 6) is -0.517. The lowest BCUT2D eigenvalue weighted by Gasteiger charge is -2.23. The Morgan fingerprint density at radius 2 is 1.68 bits per heavy atom. The Balaban J connectivity index is 2.18. The van der Waals surface area contributed by atoms with E-state index in [1.54, 1.807) is 11.6 Å². The molecule has 0 aliphatic heterocycles. The summed E-state index contributed by atoms with van der Waals surface area (Å²) in [6.45, 7) is 7.93. The van der Waals surface area contributed by atoms with Crippen molar-refractivity contribution in [1.29, 1.82) is 0 Å². The molecule has 0 fully saturated rings. The fourth-order valence-corrected chi connectivity index (χ4v) is 2.75. The van der Waals surface area contributed by atoms with Crippen molar-refractivity contribution in [1.82, 2.24) is 19.4 Å². The van der Waals surface area contributed by atoms with Crippen LogP contribution in [0.2, 0.25) is 0 Å². The van der Waals surface area contributed by atoms with Crippen molar-refractivity contribution < 1.29 is 9.59 Å². The van der Waals surface area contributed by atoms with Crippen LogP contribution in [0.1, 0.15) is 27.7 Å². The van der Waals surface area contributed by atoms with Crippen LogP contribution in [0.25, 0.3) is 11.0 Å². The fourth-order valence-electron chi connectivity index (χ4n) is 2.75. The van der Waals surface area contributed by atoms with E-state index in [0.717, 1.165) is 11.0 Å². The zero-order valence-corrected chi connectivity index (χ0v) is 15.5. The second-order valence-corrected chi connectivity index (χ2v) is 7.15. The summed E-state index contributed by atoms with van der Waals surface area (Å²) in [5, 5.41) is 2.82. The topological polar surface area (TPSA) is 76.3 Å². The molecule has 0 radical (unpaired) electrons. The number of carbonyl (C=O) groups is 2. The van der Waals surface area contributed by atoms with Crippen LogP contribution < -0.4 is 11.0 Å². The van der Waals surface area contributed by atoms with Crippen molar-refractivity contribution in [3.8, 4) is 0 Å². The van der Waals surface area contributed by atoms with Gasteiger partial charge in [-0.3, -0.25) is 18.7 Å². The summed E-state index contributed by atoms with van der Waals surface area (Å²) in [5.41, 5.74) is 0.947. The first-order valence-electron chi connectivity index (χ1n) is 8.37. The van der Waals surface area contributed by atoms with Gasteiger partial charge in [-0.2, -0.15) is 0 Å². The maximum atomic E-state index is 12.6. The number of aryl methyl sites for hydroxylation is 1. The molecule has 25 heavy (non-hydrogen) atoms. The molecule has 1 N–H and O–H groups in total. The van der Waals surface area contributed by atoms with E-state index in [-0.39, 0.29) is 36.1 Å². The summed E-state index contributed by atoms with van der Waals surface area (Å²) in [6.07, 6.45) is 0. The van der Waals surface area contributed by atoms with Crippen LogP contribution in [0.4, 0.5) is 0 Å². The maximum Gasteiger partial charge on any atom is 0.329 e. The third-order valence-electron chi connectivity index (χ3n) is 3.86. The Kier molecular flexibility index (Phi) is 5.35. The van der Waals surface area contributed by atoms with Gasteiger partial charge in [-0.15, -0.1) is 0 Å². The Morgan fingerprint density at radius 3 is 2.20 bits per heavy atom. The molecule has 2 rings (SSSR count). The molecule has 0 saturated heterocycles. The standard InChI is InChI=1S/C18H26N4O3/c1-6-21-13-9-7-8-10-14(13)22(17(21)25)12-16(24)20(5)11-15(23)19-18(2,3)4/h7-10H,6,11-12H2,1-5H3,(H,19,23). The van der Waals surface area contributed by atoms with Crippen molar-refractivity contribution in [2.24, 2.45) is 0 Å². The van der Waals surface area contributed by atoms with E-state index in [4.69, 9.17) is 0 Å². The lowest BCUT2D eigenvalue weighted by atomic mass is 10.1. The van der Waals surface area contributed by atoms with Crippen molar-refractivity contribution in [3.05, 3.63) is 34.7 Å². The van der Waals surface area contributed by atoms with Gasteiger partial charge in [0.05, 0.1) is 17.6 Å². The van der Waals surface area contributed by atoms with Crippen molar-refractivity contribution in [2.45, 2.75) is 46.3 Å². The molecule has 0 saturated carbocycles. The van der Waals surface area contributed by atoms with E-state index >= 15 is 0 Å². The highest BCUT2D eigenvalue weighted by molar-refractivity contribution is 5.86. The Labute approximate surface area is 147 Å². The first-order chi connectivity index (χ1) is 11.6. The molecule has 7 nitrogen and oxygen atoms in total. The molecule has 0 unspecified atom stereocenters. The number of amides is 2. The van der Waals surface area contributed by atoms with Gasteiger partial charge < -0.3 is 10.2 Å². The number of aromatic nitrogens is 2. The van der Waals surface area contributed by atoms with Crippen LogP contribution in [0.15, 0.2) is 29.1 Å². The van der Waals surface area contributed by atoms with Gasteiger partial charge in [-0.05, 0) is 39.8 Å². The SMILES string of the molecule is CCn1c(=O)n(CC(=O)N(C)CC(=O)NC(C)(C)C)c2ccccc21. The number of imidazole rings is 1. The van der Waals surface area contributed by atoms with Crippen LogP contribution in [-0.4, -0.2) is 45.0 Å². The fraction of sp³-hybridized carbons (Fsp3) is 0.500. The largest absolute Gasteiger partial charge is 0.350 e. The van der Waals surface area contributed by atoms with Crippen molar-refractivity contribution in [3.63, 3.8) is 0 Å². The number of benzene rings is 1. The number of rotatable bonds is 5. The average Bonchev–Trinajstić information content (AvgIpc) is 2.77. The summed E-state index contributed by atoms with van der Waals surface area (Å²) in [7, 11) is 1.56. The van der Waals surface area contributed by atoms with Gasteiger partial charge in [0.2, 0.25) is 11.8 Å². The number of fused-ring (bicyclic) bond motifs is 1. The molecule has 1 aromatic heterocycles. The zero-order valence-electron chi connectivity index (χ0n) is 15.5. The number of para-hydroxylation sites is 2. The summed E-state index contributed by atoms with van der Waals surface area (Å²) >= 11 is 0. The second-order valence-electron chi connectivity index (χ2n) is 7.15. The second kappa shape index (κ2) is 7.13. The predicted molar refractivity (Wildman–Crippen MR) is 97.4 cm³/mol. The van der Waals surface area contributed by atoms with Gasteiger partial charge in [0.15, 0.2) is 0 Å². The molecule has 136 valence electrons. The molecule has 0 aliphatic carbocycles. The number of hydrogen-bond acceptors (Lipinski definition) is 3. The molecular formula is C18H26N4O3. The van der Waals surface area contributed by atoms with Gasteiger partial charge in [-0.25, -0.2) is 4.79 Å². The quantitative estimate of drug-likeness (QED) is 0.884. The van der Waals surface area contributed by atoms with Gasteiger partial charge in [-0.1, -0.05) is 12.1 Å². The minimum atomic E-state index is -0.355. The van der Waals surface area contributed by atoms with Crippen LogP contribution in [0, 0.1) is 0 Å². The third-order valence-corrected chi connectivity index (χ3v) is 3.86. The Hall–Kier alpha value is -2.57. The number of nitrogens with zero attached hydrogens (tertiary/aromatic N) is 3. The monoisotopic (exact) mass is 346 g/mol. The molecule has 0 aliphatic rings. The van der Waals surface area contributed by atoms with Crippen molar-refractivity contribution >= 4 is 22.8 Å². The molecule has 1 heterocycles. The first kappa shape index (κ1) is 18.8. The number of hydrogen-bond donors (Lipinski definition) is 1. The lowest BCUT2D eigenvalue weighted by molar-refractivity contribution is -0.135. The van der Waals surface area contributed by atoms with Crippen LogP contribution in [0.5, 0.6) is 0 Å². The summed E-state index contributed by atoms with van der Waals surface area (Å²) < 4.78 is 3.09. The molecule has 0 bridgehead atoms. The third kappa shape index (κ3) is 4.29. The minimum absolute atomic E-state index is 0.0444. The zero-order chi connectivity index (χ0) is 18.8. The number of nitrogens with one attached hydrogen (secondary N) is 1. The minimum Gasteiger partial charge on any atom is -0.350 e. The van der Waals surface area contributed by atoms with Gasteiger partial charge >= 0.3 is 5.69 Å². The molecule has 0 spiro atoms. The number of likely N-dealkylation sites (N-methyl/N-ethyl adjacent to an activating group) is 1. The molecule has 7 heteroatoms. The smallest absolute Gasteiger partial charge is 0.329 e. The predicted octanol–water partition coefficient (Wildman–Crippen LogP) is 1.20. The molecule has 1 aromatic carbocycles. The van der Waals surface area contributed by atoms with E-state index in [9.17, 15) is 14.4 Å². The molecule has 0 atom stereocenters. The normalized spacial score (nSPS) is 11.6. The van der Waals surface area contributed by atoms with E-state index in [0.29, 0.717) is 6.54 Å². The van der Waals surface area contributed by atoms with Gasteiger partial charge in [0, 0.05) is 19.1 Å². The summed E-state index contributed by atoms with van der Waals surface area (Å²) in [6, 6.07) is 7.39. The molecule has 2 amide bonds. The van der Waals surface area contributed by atoms with Gasteiger partial charge in [0.25, 0.3) is 0 Å².